The van der Waals surface area contributed by atoms with E-state index in [0.717, 1.165) is 17.4 Å². The second kappa shape index (κ2) is 8.25. The van der Waals surface area contributed by atoms with Crippen LogP contribution in [-0.4, -0.2) is 20.7 Å². The summed E-state index contributed by atoms with van der Waals surface area (Å²) in [7, 11) is 0. The molecule has 1 heterocycles. The monoisotopic (exact) mass is 372 g/mol. The molecule has 0 aliphatic heterocycles. The summed E-state index contributed by atoms with van der Waals surface area (Å²) in [5, 5.41) is 0.700. The number of nitrogens with zero attached hydrogens (tertiary/aromatic N) is 3. The Kier molecular flexibility index (Phi) is 6.01. The molecule has 6 heteroatoms. The number of hydrogen-bond acceptors (Lipinski definition) is 6. The quantitative estimate of drug-likeness (QED) is 0.746. The van der Waals surface area contributed by atoms with Crippen LogP contribution in [0.4, 0.5) is 5.95 Å². The number of rotatable bonds is 6. The van der Waals surface area contributed by atoms with Gasteiger partial charge in [0.15, 0.2) is 11.0 Å². The minimum Gasteiger partial charge on any atom is -0.486 e. The van der Waals surface area contributed by atoms with E-state index in [1.165, 1.54) is 31.2 Å². The fourth-order valence-electron chi connectivity index (χ4n) is 3.11. The van der Waals surface area contributed by atoms with Gasteiger partial charge in [-0.25, -0.2) is 4.98 Å². The summed E-state index contributed by atoms with van der Waals surface area (Å²) in [5.74, 6) is 3.47. The van der Waals surface area contributed by atoms with E-state index >= 15 is 0 Å². The molecular formula is C20H28N4OS. The van der Waals surface area contributed by atoms with Crippen molar-refractivity contribution < 1.29 is 4.74 Å². The lowest BCUT2D eigenvalue weighted by molar-refractivity contribution is 0.294. The summed E-state index contributed by atoms with van der Waals surface area (Å²) in [6.07, 6.45) is 5.32. The average Bonchev–Trinajstić information content (AvgIpc) is 3.11. The first-order valence-corrected chi connectivity index (χ1v) is 10.3. The van der Waals surface area contributed by atoms with Crippen LogP contribution in [0.2, 0.25) is 0 Å². The first-order valence-electron chi connectivity index (χ1n) is 9.27. The van der Waals surface area contributed by atoms with Crippen molar-refractivity contribution in [3.63, 3.8) is 0 Å². The Morgan fingerprint density at radius 2 is 1.77 bits per heavy atom. The molecular weight excluding hydrogens is 344 g/mol. The van der Waals surface area contributed by atoms with E-state index in [4.69, 9.17) is 10.5 Å². The lowest BCUT2D eigenvalue weighted by atomic mass is 9.87. The molecule has 26 heavy (non-hydrogen) atoms. The molecule has 2 aromatic rings. The van der Waals surface area contributed by atoms with Crippen molar-refractivity contribution in [1.29, 1.82) is 0 Å². The first-order chi connectivity index (χ1) is 12.4. The van der Waals surface area contributed by atoms with Gasteiger partial charge in [-0.1, -0.05) is 57.5 Å². The minimum absolute atomic E-state index is 0.132. The zero-order chi connectivity index (χ0) is 18.6. The summed E-state index contributed by atoms with van der Waals surface area (Å²) in [5.41, 5.74) is 7.26. The van der Waals surface area contributed by atoms with Gasteiger partial charge in [-0.15, -0.1) is 0 Å². The Labute approximate surface area is 160 Å². The van der Waals surface area contributed by atoms with E-state index in [-0.39, 0.29) is 11.4 Å². The van der Waals surface area contributed by atoms with Gasteiger partial charge in [-0.3, -0.25) is 0 Å². The van der Waals surface area contributed by atoms with E-state index in [0.29, 0.717) is 17.6 Å². The molecule has 1 aromatic heterocycles. The largest absolute Gasteiger partial charge is 0.486 e. The molecule has 0 spiro atoms. The highest BCUT2D eigenvalue weighted by Crippen LogP contribution is 2.30. The molecule has 0 amide bonds. The van der Waals surface area contributed by atoms with Crippen molar-refractivity contribution in [3.05, 3.63) is 35.7 Å². The van der Waals surface area contributed by atoms with Crippen molar-refractivity contribution >= 4 is 17.7 Å². The van der Waals surface area contributed by atoms with Crippen molar-refractivity contribution in [2.24, 2.45) is 5.92 Å². The Bertz CT molecular complexity index is 722. The second-order valence-corrected chi connectivity index (χ2v) is 8.90. The number of aromatic nitrogens is 3. The van der Waals surface area contributed by atoms with Gasteiger partial charge in [0, 0.05) is 5.75 Å². The van der Waals surface area contributed by atoms with Crippen LogP contribution in [-0.2, 0) is 12.0 Å². The normalized spacial score (nSPS) is 15.3. The molecule has 0 radical (unpaired) electrons. The number of benzene rings is 1. The molecule has 140 valence electrons. The predicted molar refractivity (Wildman–Crippen MR) is 106 cm³/mol. The van der Waals surface area contributed by atoms with Gasteiger partial charge in [0.2, 0.25) is 5.95 Å². The molecule has 0 saturated heterocycles. The van der Waals surface area contributed by atoms with Crippen LogP contribution in [0.25, 0.3) is 0 Å². The first kappa shape index (κ1) is 19.0. The highest BCUT2D eigenvalue weighted by molar-refractivity contribution is 7.99. The molecule has 1 aliphatic rings. The van der Waals surface area contributed by atoms with Crippen molar-refractivity contribution in [3.8, 4) is 5.75 Å². The maximum atomic E-state index is 5.85. The number of ether oxygens (including phenoxy) is 1. The average molecular weight is 373 g/mol. The van der Waals surface area contributed by atoms with Gasteiger partial charge in [0.1, 0.15) is 12.4 Å². The van der Waals surface area contributed by atoms with E-state index in [1.807, 2.05) is 12.1 Å². The maximum Gasteiger partial charge on any atom is 0.224 e. The van der Waals surface area contributed by atoms with Crippen LogP contribution in [0.15, 0.2) is 29.4 Å². The number of nitrogen functional groups attached to an aromatic ring is 1. The van der Waals surface area contributed by atoms with Crippen molar-refractivity contribution in [1.82, 2.24) is 15.0 Å². The molecule has 2 N–H and O–H groups in total. The Morgan fingerprint density at radius 1 is 1.08 bits per heavy atom. The van der Waals surface area contributed by atoms with Gasteiger partial charge in [-0.05, 0) is 41.9 Å². The maximum absolute atomic E-state index is 5.85. The van der Waals surface area contributed by atoms with Crippen molar-refractivity contribution in [2.45, 2.75) is 63.6 Å². The third-order valence-electron chi connectivity index (χ3n) is 4.69. The van der Waals surface area contributed by atoms with Crippen LogP contribution in [0, 0.1) is 5.92 Å². The lowest BCUT2D eigenvalue weighted by Crippen LogP contribution is -2.11. The summed E-state index contributed by atoms with van der Waals surface area (Å²) in [6, 6.07) is 8.17. The van der Waals surface area contributed by atoms with Gasteiger partial charge in [-0.2, -0.15) is 9.97 Å². The molecule has 1 saturated carbocycles. The van der Waals surface area contributed by atoms with Crippen LogP contribution < -0.4 is 10.5 Å². The Balaban J connectivity index is 1.58. The van der Waals surface area contributed by atoms with E-state index in [9.17, 15) is 0 Å². The molecule has 3 rings (SSSR count). The number of anilines is 1. The fraction of sp³-hybridized carbons (Fsp3) is 0.550. The smallest absolute Gasteiger partial charge is 0.224 e. The van der Waals surface area contributed by atoms with E-state index < -0.39 is 0 Å². The Morgan fingerprint density at radius 3 is 2.42 bits per heavy atom. The Hall–Kier alpha value is -1.82. The van der Waals surface area contributed by atoms with Crippen LogP contribution in [0.1, 0.15) is 57.8 Å². The molecule has 0 atom stereocenters. The van der Waals surface area contributed by atoms with E-state index in [2.05, 4.69) is 47.9 Å². The number of hydrogen-bond donors (Lipinski definition) is 1. The summed E-state index contributed by atoms with van der Waals surface area (Å²) < 4.78 is 5.83. The predicted octanol–water partition coefficient (Wildman–Crippen LogP) is 4.61. The summed E-state index contributed by atoms with van der Waals surface area (Å²) >= 11 is 1.67. The number of nitrogens with two attached hydrogens (primary N) is 1. The zero-order valence-corrected chi connectivity index (χ0v) is 16.7. The van der Waals surface area contributed by atoms with Crippen LogP contribution in [0.3, 0.4) is 0 Å². The third-order valence-corrected chi connectivity index (χ3v) is 5.77. The molecule has 1 aliphatic carbocycles. The standard InChI is InChI=1S/C20H28N4OS/c1-20(2,3)15-8-10-16(11-9-15)25-12-17-22-18(21)24-19(23-17)26-13-14-6-4-5-7-14/h8-11,14H,4-7,12-13H2,1-3H3,(H2,21,22,23,24). The third kappa shape index (κ3) is 5.34. The van der Waals surface area contributed by atoms with E-state index in [1.54, 1.807) is 11.8 Å². The highest BCUT2D eigenvalue weighted by atomic mass is 32.2. The van der Waals surface area contributed by atoms with Gasteiger partial charge in [0.05, 0.1) is 0 Å². The molecule has 5 nitrogen and oxygen atoms in total. The highest BCUT2D eigenvalue weighted by Gasteiger charge is 2.16. The molecule has 1 aromatic carbocycles. The SMILES string of the molecule is CC(C)(C)c1ccc(OCc2nc(N)nc(SCC3CCCC3)n2)cc1. The van der Waals surface area contributed by atoms with Gasteiger partial charge < -0.3 is 10.5 Å². The van der Waals surface area contributed by atoms with Gasteiger partial charge in [0.25, 0.3) is 0 Å². The molecule has 1 fully saturated rings. The summed E-state index contributed by atoms with van der Waals surface area (Å²) in [4.78, 5) is 13.0. The van der Waals surface area contributed by atoms with Crippen LogP contribution >= 0.6 is 11.8 Å². The number of thioether (sulfide) groups is 1. The van der Waals surface area contributed by atoms with Gasteiger partial charge >= 0.3 is 0 Å². The zero-order valence-electron chi connectivity index (χ0n) is 15.9. The second-order valence-electron chi connectivity index (χ2n) is 7.92. The fourth-order valence-corrected chi connectivity index (χ4v) is 4.16. The van der Waals surface area contributed by atoms with Crippen molar-refractivity contribution in [2.75, 3.05) is 11.5 Å². The lowest BCUT2D eigenvalue weighted by Gasteiger charge is -2.19. The molecule has 0 bridgehead atoms. The summed E-state index contributed by atoms with van der Waals surface area (Å²) in [6.45, 7) is 6.88. The van der Waals surface area contributed by atoms with Crippen LogP contribution in [0.5, 0.6) is 5.75 Å². The minimum atomic E-state index is 0.132. The topological polar surface area (TPSA) is 73.9 Å². The molecule has 0 unspecified atom stereocenters.